The van der Waals surface area contributed by atoms with E-state index in [-0.39, 0.29) is 11.7 Å². The molecule has 2 aromatic rings. The largest absolute Gasteiger partial charge is 0.382 e. The van der Waals surface area contributed by atoms with Gasteiger partial charge in [-0.2, -0.15) is 0 Å². The number of benzene rings is 1. The van der Waals surface area contributed by atoms with Crippen molar-refractivity contribution >= 4 is 17.3 Å². The Bertz CT molecular complexity index is 565. The minimum absolute atomic E-state index is 0.121. The van der Waals surface area contributed by atoms with Crippen LogP contribution in [-0.4, -0.2) is 22.3 Å². The highest BCUT2D eigenvalue weighted by molar-refractivity contribution is 5.92. The number of nitrogens with one attached hydrogen (secondary N) is 1. The van der Waals surface area contributed by atoms with Gasteiger partial charge >= 0.3 is 0 Å². The molecule has 1 aromatic heterocycles. The van der Waals surface area contributed by atoms with Crippen LogP contribution in [0.25, 0.3) is 0 Å². The van der Waals surface area contributed by atoms with Gasteiger partial charge < -0.3 is 10.6 Å². The summed E-state index contributed by atoms with van der Waals surface area (Å²) in [5, 5.41) is 7.27. The van der Waals surface area contributed by atoms with Gasteiger partial charge in [0.05, 0.1) is 12.4 Å². The molecule has 19 heavy (non-hydrogen) atoms. The Labute approximate surface area is 110 Å². The first-order valence-electron chi connectivity index (χ1n) is 5.81. The number of hydrogen-bond acceptors (Lipinski definition) is 4. The number of nitrogens with two attached hydrogens (primary N) is 1. The van der Waals surface area contributed by atoms with Gasteiger partial charge in [-0.05, 0) is 31.2 Å². The molecule has 0 amide bonds. The van der Waals surface area contributed by atoms with Crippen molar-refractivity contribution in [3.8, 4) is 0 Å². The van der Waals surface area contributed by atoms with Gasteiger partial charge in [0.1, 0.15) is 17.3 Å². The third-order valence-corrected chi connectivity index (χ3v) is 2.65. The van der Waals surface area contributed by atoms with Gasteiger partial charge in [0, 0.05) is 12.2 Å². The lowest BCUT2D eigenvalue weighted by atomic mass is 10.3. The summed E-state index contributed by atoms with van der Waals surface area (Å²) < 4.78 is 12.9. The summed E-state index contributed by atoms with van der Waals surface area (Å²) in [5.74, 6) is 0.223. The molecule has 3 N–H and O–H groups in total. The fourth-order valence-electron chi connectivity index (χ4n) is 1.70. The average molecular weight is 259 g/mol. The van der Waals surface area contributed by atoms with Crippen LogP contribution in [0.5, 0.6) is 0 Å². The van der Waals surface area contributed by atoms with Crippen molar-refractivity contribution in [3.05, 3.63) is 48.2 Å². The number of aromatic nitrogens is 2. The number of hydrogen-bond donors (Lipinski definition) is 2. The summed E-state index contributed by atoms with van der Waals surface area (Å²) in [4.78, 5) is 10.2. The predicted octanol–water partition coefficient (Wildman–Crippen LogP) is 2.06. The number of halogens is 1. The van der Waals surface area contributed by atoms with Gasteiger partial charge in [0.2, 0.25) is 0 Å². The van der Waals surface area contributed by atoms with Gasteiger partial charge in [0.25, 0.3) is 0 Å². The van der Waals surface area contributed by atoms with E-state index in [0.29, 0.717) is 18.1 Å². The molecule has 1 aromatic carbocycles. The molecular formula is C13H14FN5. The Kier molecular flexibility index (Phi) is 3.70. The molecule has 6 heteroatoms. The van der Waals surface area contributed by atoms with E-state index in [1.54, 1.807) is 18.3 Å². The molecular weight excluding hydrogens is 245 g/mol. The van der Waals surface area contributed by atoms with Gasteiger partial charge in [0.15, 0.2) is 5.82 Å². The molecule has 0 aliphatic carbocycles. The third-order valence-electron chi connectivity index (χ3n) is 2.65. The molecule has 1 heterocycles. The highest BCUT2D eigenvalue weighted by atomic mass is 19.1. The smallest absolute Gasteiger partial charge is 0.151 e. The van der Waals surface area contributed by atoms with Crippen molar-refractivity contribution in [1.29, 1.82) is 5.41 Å². The fraction of sp³-hybridized carbons (Fsp3) is 0.154. The minimum Gasteiger partial charge on any atom is -0.382 e. The van der Waals surface area contributed by atoms with E-state index in [4.69, 9.17) is 11.1 Å². The van der Waals surface area contributed by atoms with Crippen molar-refractivity contribution in [2.45, 2.75) is 6.92 Å². The molecule has 0 atom stereocenters. The van der Waals surface area contributed by atoms with E-state index < -0.39 is 0 Å². The lowest BCUT2D eigenvalue weighted by molar-refractivity contribution is 0.628. The Morgan fingerprint density at radius 3 is 2.42 bits per heavy atom. The number of nitrogens with zero attached hydrogens (tertiary/aromatic N) is 3. The number of anilines is 2. The summed E-state index contributed by atoms with van der Waals surface area (Å²) >= 11 is 0. The van der Waals surface area contributed by atoms with Gasteiger partial charge in [-0.15, -0.1) is 0 Å². The third kappa shape index (κ3) is 2.85. The summed E-state index contributed by atoms with van der Waals surface area (Å²) in [6.45, 7) is 2.63. The SMILES string of the molecule is CCN(c1ccc(F)cc1)c1cnc(C(=N)N)cn1. The van der Waals surface area contributed by atoms with Crippen LogP contribution in [0, 0.1) is 11.2 Å². The number of nitrogen functional groups attached to an aromatic ring is 1. The second-order valence-electron chi connectivity index (χ2n) is 3.89. The zero-order chi connectivity index (χ0) is 13.8. The lowest BCUT2D eigenvalue weighted by Gasteiger charge is -2.21. The Hall–Kier alpha value is -2.50. The standard InChI is InChI=1S/C13H14FN5/c1-2-19(10-5-3-9(14)4-6-10)12-8-17-11(7-18-12)13(15)16/h3-8H,2H2,1H3,(H3,15,16). The van der Waals surface area contributed by atoms with Crippen molar-refractivity contribution in [2.24, 2.45) is 5.73 Å². The van der Waals surface area contributed by atoms with Crippen LogP contribution in [0.4, 0.5) is 15.9 Å². The molecule has 0 bridgehead atoms. The van der Waals surface area contributed by atoms with Gasteiger partial charge in [-0.25, -0.2) is 14.4 Å². The predicted molar refractivity (Wildman–Crippen MR) is 72.1 cm³/mol. The molecule has 0 aliphatic heterocycles. The van der Waals surface area contributed by atoms with E-state index in [1.807, 2.05) is 11.8 Å². The fourth-order valence-corrected chi connectivity index (χ4v) is 1.70. The van der Waals surface area contributed by atoms with Crippen molar-refractivity contribution in [1.82, 2.24) is 9.97 Å². The second kappa shape index (κ2) is 5.43. The van der Waals surface area contributed by atoms with E-state index >= 15 is 0 Å². The van der Waals surface area contributed by atoms with E-state index in [9.17, 15) is 4.39 Å². The monoisotopic (exact) mass is 259 g/mol. The maximum absolute atomic E-state index is 12.9. The zero-order valence-electron chi connectivity index (χ0n) is 10.5. The molecule has 0 spiro atoms. The maximum atomic E-state index is 12.9. The van der Waals surface area contributed by atoms with Crippen LogP contribution in [0.2, 0.25) is 0 Å². The molecule has 5 nitrogen and oxygen atoms in total. The molecule has 98 valence electrons. The van der Waals surface area contributed by atoms with E-state index in [0.717, 1.165) is 5.69 Å². The van der Waals surface area contributed by atoms with Crippen LogP contribution in [0.15, 0.2) is 36.7 Å². The lowest BCUT2D eigenvalue weighted by Crippen LogP contribution is -2.19. The Morgan fingerprint density at radius 2 is 1.95 bits per heavy atom. The highest BCUT2D eigenvalue weighted by Gasteiger charge is 2.09. The molecule has 2 rings (SSSR count). The topological polar surface area (TPSA) is 78.9 Å². The quantitative estimate of drug-likeness (QED) is 0.650. The maximum Gasteiger partial charge on any atom is 0.151 e. The average Bonchev–Trinajstić information content (AvgIpc) is 2.42. The number of rotatable bonds is 4. The van der Waals surface area contributed by atoms with Crippen LogP contribution < -0.4 is 10.6 Å². The summed E-state index contributed by atoms with van der Waals surface area (Å²) in [6, 6.07) is 6.16. The highest BCUT2D eigenvalue weighted by Crippen LogP contribution is 2.22. The molecule has 0 fully saturated rings. The summed E-state index contributed by atoms with van der Waals surface area (Å²) in [5.41, 5.74) is 6.49. The van der Waals surface area contributed by atoms with E-state index in [1.165, 1.54) is 18.3 Å². The summed E-state index contributed by atoms with van der Waals surface area (Å²) in [7, 11) is 0. The van der Waals surface area contributed by atoms with Crippen molar-refractivity contribution in [2.75, 3.05) is 11.4 Å². The Morgan fingerprint density at radius 1 is 1.26 bits per heavy atom. The molecule has 0 aliphatic rings. The molecule has 0 radical (unpaired) electrons. The first-order valence-corrected chi connectivity index (χ1v) is 5.81. The van der Waals surface area contributed by atoms with Crippen LogP contribution in [-0.2, 0) is 0 Å². The first-order chi connectivity index (χ1) is 9.11. The summed E-state index contributed by atoms with van der Waals surface area (Å²) in [6.07, 6.45) is 2.99. The van der Waals surface area contributed by atoms with Crippen molar-refractivity contribution in [3.63, 3.8) is 0 Å². The van der Waals surface area contributed by atoms with Crippen LogP contribution in [0.1, 0.15) is 12.6 Å². The Balaban J connectivity index is 2.31. The first kappa shape index (κ1) is 12.9. The molecule has 0 saturated heterocycles. The zero-order valence-corrected chi connectivity index (χ0v) is 10.5. The van der Waals surface area contributed by atoms with Crippen LogP contribution in [0.3, 0.4) is 0 Å². The normalized spacial score (nSPS) is 10.2. The van der Waals surface area contributed by atoms with Crippen molar-refractivity contribution < 1.29 is 4.39 Å². The van der Waals surface area contributed by atoms with Gasteiger partial charge in [-0.1, -0.05) is 0 Å². The molecule has 0 saturated carbocycles. The molecule has 0 unspecified atom stereocenters. The minimum atomic E-state index is -0.280. The van der Waals surface area contributed by atoms with Crippen LogP contribution >= 0.6 is 0 Å². The van der Waals surface area contributed by atoms with Gasteiger partial charge in [-0.3, -0.25) is 5.41 Å². The van der Waals surface area contributed by atoms with E-state index in [2.05, 4.69) is 9.97 Å². The number of amidine groups is 1. The second-order valence-corrected chi connectivity index (χ2v) is 3.89.